The molecule has 0 spiro atoms. The zero-order valence-corrected chi connectivity index (χ0v) is 13.7. The Balaban J connectivity index is 1.84. The number of esters is 1. The van der Waals surface area contributed by atoms with E-state index in [2.05, 4.69) is 5.32 Å². The first-order valence-corrected chi connectivity index (χ1v) is 7.93. The minimum absolute atomic E-state index is 0.120. The van der Waals surface area contributed by atoms with Crippen molar-refractivity contribution >= 4 is 11.9 Å². The van der Waals surface area contributed by atoms with Gasteiger partial charge in [-0.25, -0.2) is 0 Å². The van der Waals surface area contributed by atoms with Crippen molar-refractivity contribution in [1.29, 1.82) is 0 Å². The second-order valence-electron chi connectivity index (χ2n) is 5.46. The quantitative estimate of drug-likeness (QED) is 0.763. The van der Waals surface area contributed by atoms with Crippen LogP contribution in [0.1, 0.15) is 28.4 Å². The lowest BCUT2D eigenvalue weighted by molar-refractivity contribution is -0.146. The average Bonchev–Trinajstić information content (AvgIpc) is 2.61. The molecular weight excluding hydrogens is 304 g/mol. The number of carbonyl (C=O) groups excluding carboxylic acids is 2. The van der Waals surface area contributed by atoms with Crippen LogP contribution in [0.25, 0.3) is 0 Å². The van der Waals surface area contributed by atoms with Gasteiger partial charge in [0.05, 0.1) is 0 Å². The molecule has 0 fully saturated rings. The summed E-state index contributed by atoms with van der Waals surface area (Å²) in [7, 11) is 0. The zero-order chi connectivity index (χ0) is 17.4. The standard InChI is InChI=1S/C19H22N2O3/c1-2-21-18(22)16-10-8-15(9-11-16)13-24-19(23)17(20)12-14-6-4-3-5-7-14/h3-11,17H,2,12-13,20H2,1H3,(H,21,22). The van der Waals surface area contributed by atoms with Gasteiger partial charge in [-0.1, -0.05) is 42.5 Å². The molecule has 2 aromatic rings. The van der Waals surface area contributed by atoms with Crippen molar-refractivity contribution in [2.24, 2.45) is 5.73 Å². The van der Waals surface area contributed by atoms with Gasteiger partial charge in [0.25, 0.3) is 5.91 Å². The van der Waals surface area contributed by atoms with E-state index in [1.807, 2.05) is 37.3 Å². The highest BCUT2D eigenvalue weighted by Crippen LogP contribution is 2.08. The van der Waals surface area contributed by atoms with Gasteiger partial charge in [-0.15, -0.1) is 0 Å². The van der Waals surface area contributed by atoms with Crippen molar-refractivity contribution in [2.75, 3.05) is 6.54 Å². The van der Waals surface area contributed by atoms with E-state index in [-0.39, 0.29) is 12.5 Å². The maximum absolute atomic E-state index is 12.0. The highest BCUT2D eigenvalue weighted by Gasteiger charge is 2.15. The lowest BCUT2D eigenvalue weighted by Gasteiger charge is -2.12. The average molecular weight is 326 g/mol. The first-order chi connectivity index (χ1) is 11.6. The van der Waals surface area contributed by atoms with Crippen molar-refractivity contribution in [1.82, 2.24) is 5.32 Å². The van der Waals surface area contributed by atoms with Crippen molar-refractivity contribution in [2.45, 2.75) is 26.0 Å². The Morgan fingerprint density at radius 3 is 2.33 bits per heavy atom. The summed E-state index contributed by atoms with van der Waals surface area (Å²) >= 11 is 0. The highest BCUT2D eigenvalue weighted by atomic mass is 16.5. The molecule has 0 aliphatic carbocycles. The predicted octanol–water partition coefficient (Wildman–Crippen LogP) is 2.05. The molecule has 0 radical (unpaired) electrons. The molecule has 0 aromatic heterocycles. The monoisotopic (exact) mass is 326 g/mol. The van der Waals surface area contributed by atoms with Gasteiger partial charge in [-0.2, -0.15) is 0 Å². The number of ether oxygens (including phenoxy) is 1. The van der Waals surface area contributed by atoms with Gasteiger partial charge in [0.15, 0.2) is 0 Å². The van der Waals surface area contributed by atoms with Gasteiger partial charge in [0, 0.05) is 12.1 Å². The Labute approximate surface area is 141 Å². The molecular formula is C19H22N2O3. The van der Waals surface area contributed by atoms with Crippen molar-refractivity contribution in [3.05, 3.63) is 71.3 Å². The van der Waals surface area contributed by atoms with Gasteiger partial charge >= 0.3 is 5.97 Å². The smallest absolute Gasteiger partial charge is 0.323 e. The molecule has 1 unspecified atom stereocenters. The Morgan fingerprint density at radius 1 is 1.04 bits per heavy atom. The van der Waals surface area contributed by atoms with E-state index in [4.69, 9.17) is 10.5 Å². The summed E-state index contributed by atoms with van der Waals surface area (Å²) in [6.07, 6.45) is 0.440. The van der Waals surface area contributed by atoms with Crippen LogP contribution in [-0.4, -0.2) is 24.5 Å². The van der Waals surface area contributed by atoms with Crippen LogP contribution in [0.5, 0.6) is 0 Å². The van der Waals surface area contributed by atoms with Crippen molar-refractivity contribution < 1.29 is 14.3 Å². The van der Waals surface area contributed by atoms with E-state index in [0.717, 1.165) is 11.1 Å². The van der Waals surface area contributed by atoms with Crippen molar-refractivity contribution in [3.8, 4) is 0 Å². The second-order valence-corrected chi connectivity index (χ2v) is 5.46. The topological polar surface area (TPSA) is 81.4 Å². The highest BCUT2D eigenvalue weighted by molar-refractivity contribution is 5.94. The number of nitrogens with one attached hydrogen (secondary N) is 1. The van der Waals surface area contributed by atoms with Crippen LogP contribution < -0.4 is 11.1 Å². The number of carbonyl (C=O) groups is 2. The Bertz CT molecular complexity index is 669. The Morgan fingerprint density at radius 2 is 1.71 bits per heavy atom. The van der Waals surface area contributed by atoms with Crippen LogP contribution in [0.4, 0.5) is 0 Å². The molecule has 5 heteroatoms. The van der Waals surface area contributed by atoms with Crippen LogP contribution in [0.15, 0.2) is 54.6 Å². The van der Waals surface area contributed by atoms with Gasteiger partial charge < -0.3 is 15.8 Å². The summed E-state index contributed by atoms with van der Waals surface area (Å²) in [5, 5.41) is 2.73. The number of hydrogen-bond donors (Lipinski definition) is 2. The molecule has 0 aliphatic rings. The summed E-state index contributed by atoms with van der Waals surface area (Å²) in [6, 6.07) is 15.8. The molecule has 5 nitrogen and oxygen atoms in total. The number of benzene rings is 2. The van der Waals surface area contributed by atoms with E-state index in [0.29, 0.717) is 18.5 Å². The van der Waals surface area contributed by atoms with E-state index in [1.165, 1.54) is 0 Å². The summed E-state index contributed by atoms with van der Waals surface area (Å²) in [4.78, 5) is 23.6. The summed E-state index contributed by atoms with van der Waals surface area (Å²) in [5.74, 6) is -0.558. The van der Waals surface area contributed by atoms with Crippen LogP contribution >= 0.6 is 0 Å². The predicted molar refractivity (Wildman–Crippen MR) is 92.4 cm³/mol. The molecule has 0 bridgehead atoms. The minimum Gasteiger partial charge on any atom is -0.460 e. The largest absolute Gasteiger partial charge is 0.460 e. The first-order valence-electron chi connectivity index (χ1n) is 7.93. The van der Waals surface area contributed by atoms with Crippen molar-refractivity contribution in [3.63, 3.8) is 0 Å². The number of amides is 1. The lowest BCUT2D eigenvalue weighted by atomic mass is 10.1. The summed E-state index contributed by atoms with van der Waals surface area (Å²) < 4.78 is 5.25. The number of nitrogens with two attached hydrogens (primary N) is 1. The molecule has 1 amide bonds. The molecule has 0 heterocycles. The maximum Gasteiger partial charge on any atom is 0.323 e. The molecule has 2 rings (SSSR count). The van der Waals surface area contributed by atoms with Gasteiger partial charge in [-0.3, -0.25) is 9.59 Å². The molecule has 0 saturated carbocycles. The van der Waals surface area contributed by atoms with E-state index >= 15 is 0 Å². The van der Waals surface area contributed by atoms with E-state index in [1.54, 1.807) is 24.3 Å². The van der Waals surface area contributed by atoms with Gasteiger partial charge in [0.2, 0.25) is 0 Å². The molecule has 0 aliphatic heterocycles. The molecule has 126 valence electrons. The van der Waals surface area contributed by atoms with E-state index < -0.39 is 12.0 Å². The third-order valence-corrected chi connectivity index (χ3v) is 3.54. The number of hydrogen-bond acceptors (Lipinski definition) is 4. The van der Waals surface area contributed by atoms with Gasteiger partial charge in [0.1, 0.15) is 12.6 Å². The third kappa shape index (κ3) is 5.21. The third-order valence-electron chi connectivity index (χ3n) is 3.54. The fraction of sp³-hybridized carbons (Fsp3) is 0.263. The van der Waals surface area contributed by atoms with Gasteiger partial charge in [-0.05, 0) is 36.6 Å². The minimum atomic E-state index is -0.693. The SMILES string of the molecule is CCNC(=O)c1ccc(COC(=O)C(N)Cc2ccccc2)cc1. The fourth-order valence-corrected chi connectivity index (χ4v) is 2.23. The molecule has 2 aromatic carbocycles. The normalized spacial score (nSPS) is 11.6. The Hall–Kier alpha value is -2.66. The first kappa shape index (κ1) is 17.7. The molecule has 0 saturated heterocycles. The van der Waals surface area contributed by atoms with Crippen LogP contribution in [0.3, 0.4) is 0 Å². The van der Waals surface area contributed by atoms with E-state index in [9.17, 15) is 9.59 Å². The van der Waals surface area contributed by atoms with Crippen LogP contribution in [0, 0.1) is 0 Å². The lowest BCUT2D eigenvalue weighted by Crippen LogP contribution is -2.34. The maximum atomic E-state index is 12.0. The number of rotatable bonds is 7. The van der Waals surface area contributed by atoms with Crippen LogP contribution in [-0.2, 0) is 22.6 Å². The molecule has 24 heavy (non-hydrogen) atoms. The molecule has 1 atom stereocenters. The zero-order valence-electron chi connectivity index (χ0n) is 13.7. The molecule has 3 N–H and O–H groups in total. The Kier molecular flexibility index (Phi) is 6.51. The second kappa shape index (κ2) is 8.84. The fourth-order valence-electron chi connectivity index (χ4n) is 2.23. The van der Waals surface area contributed by atoms with Crippen LogP contribution in [0.2, 0.25) is 0 Å². The summed E-state index contributed by atoms with van der Waals surface area (Å²) in [5.41, 5.74) is 8.26. The summed E-state index contributed by atoms with van der Waals surface area (Å²) in [6.45, 7) is 2.58.